The average Bonchev–Trinajstić information content (AvgIpc) is 2.67. The predicted molar refractivity (Wildman–Crippen MR) is 118 cm³/mol. The zero-order valence-corrected chi connectivity index (χ0v) is 20.0. The standard InChI is InChI=1S/C22H31NO5S2/c1-7-21(3,4)16-9-11-17(12-10-16)29(24,25)18-13-14-19(28-22(5,6)8-2)20(15-18)30(23,26)27/h9-15H,7-8H2,1-6H3,(H2,23,26,27). The first-order chi connectivity index (χ1) is 13.6. The second kappa shape index (κ2) is 8.32. The fourth-order valence-electron chi connectivity index (χ4n) is 2.76. The van der Waals surface area contributed by atoms with Crippen molar-refractivity contribution < 1.29 is 21.6 Å². The molecule has 0 bridgehead atoms. The molecule has 0 aliphatic rings. The molecule has 0 spiro atoms. The number of hydrogen-bond donors (Lipinski definition) is 1. The molecule has 0 fully saturated rings. The monoisotopic (exact) mass is 453 g/mol. The molecule has 0 atom stereocenters. The van der Waals surface area contributed by atoms with Gasteiger partial charge in [-0.3, -0.25) is 0 Å². The summed E-state index contributed by atoms with van der Waals surface area (Å²) in [5.41, 5.74) is 0.315. The third kappa shape index (κ3) is 5.22. The van der Waals surface area contributed by atoms with Crippen LogP contribution >= 0.6 is 0 Å². The summed E-state index contributed by atoms with van der Waals surface area (Å²) in [6.45, 7) is 11.8. The molecule has 0 saturated heterocycles. The number of rotatable bonds is 8. The molecule has 6 nitrogen and oxygen atoms in total. The zero-order chi connectivity index (χ0) is 23.0. The fourth-order valence-corrected chi connectivity index (χ4v) is 4.80. The molecule has 0 aliphatic heterocycles. The van der Waals surface area contributed by atoms with Crippen molar-refractivity contribution in [3.05, 3.63) is 48.0 Å². The second-order valence-electron chi connectivity index (χ2n) is 8.63. The Kier molecular flexibility index (Phi) is 6.76. The molecule has 2 aromatic rings. The van der Waals surface area contributed by atoms with Gasteiger partial charge >= 0.3 is 0 Å². The number of benzene rings is 2. The van der Waals surface area contributed by atoms with Crippen LogP contribution in [0.25, 0.3) is 0 Å². The van der Waals surface area contributed by atoms with Gasteiger partial charge in [0.2, 0.25) is 19.9 Å². The highest BCUT2D eigenvalue weighted by Crippen LogP contribution is 2.33. The molecule has 166 valence electrons. The van der Waals surface area contributed by atoms with Gasteiger partial charge in [-0.1, -0.05) is 39.8 Å². The van der Waals surface area contributed by atoms with Gasteiger partial charge in [0.15, 0.2) is 0 Å². The van der Waals surface area contributed by atoms with E-state index in [9.17, 15) is 16.8 Å². The molecule has 0 saturated carbocycles. The number of primary sulfonamides is 1. The molecular weight excluding hydrogens is 422 g/mol. The Morgan fingerprint density at radius 2 is 1.37 bits per heavy atom. The van der Waals surface area contributed by atoms with Crippen LogP contribution in [-0.4, -0.2) is 22.4 Å². The molecule has 30 heavy (non-hydrogen) atoms. The molecule has 0 unspecified atom stereocenters. The van der Waals surface area contributed by atoms with Crippen LogP contribution in [0.15, 0.2) is 57.2 Å². The van der Waals surface area contributed by atoms with Crippen LogP contribution in [0.1, 0.15) is 59.9 Å². The van der Waals surface area contributed by atoms with E-state index in [1.54, 1.807) is 24.3 Å². The average molecular weight is 454 g/mol. The Morgan fingerprint density at radius 1 is 0.833 bits per heavy atom. The van der Waals surface area contributed by atoms with Crippen LogP contribution in [0.5, 0.6) is 5.75 Å². The van der Waals surface area contributed by atoms with Crippen molar-refractivity contribution >= 4 is 19.9 Å². The van der Waals surface area contributed by atoms with Crippen molar-refractivity contribution in [2.45, 2.75) is 80.1 Å². The lowest BCUT2D eigenvalue weighted by atomic mass is 9.82. The highest BCUT2D eigenvalue weighted by molar-refractivity contribution is 7.91. The Hall–Kier alpha value is -1.90. The molecule has 0 heterocycles. The van der Waals surface area contributed by atoms with E-state index in [1.807, 2.05) is 20.8 Å². The number of ether oxygens (including phenoxy) is 1. The smallest absolute Gasteiger partial charge is 0.241 e. The number of hydrogen-bond acceptors (Lipinski definition) is 5. The van der Waals surface area contributed by atoms with E-state index in [2.05, 4.69) is 20.8 Å². The normalized spacial score (nSPS) is 13.3. The van der Waals surface area contributed by atoms with Crippen molar-refractivity contribution in [3.8, 4) is 5.75 Å². The topological polar surface area (TPSA) is 104 Å². The first-order valence-corrected chi connectivity index (χ1v) is 12.9. The van der Waals surface area contributed by atoms with E-state index in [-0.39, 0.29) is 25.9 Å². The number of nitrogens with two attached hydrogens (primary N) is 1. The lowest BCUT2D eigenvalue weighted by molar-refractivity contribution is 0.101. The van der Waals surface area contributed by atoms with E-state index >= 15 is 0 Å². The van der Waals surface area contributed by atoms with E-state index in [0.29, 0.717) is 6.42 Å². The quantitative estimate of drug-likeness (QED) is 0.637. The van der Waals surface area contributed by atoms with Crippen molar-refractivity contribution in [2.24, 2.45) is 5.14 Å². The predicted octanol–water partition coefficient (Wildman–Crippen LogP) is 4.42. The lowest BCUT2D eigenvalue weighted by Gasteiger charge is -2.26. The van der Waals surface area contributed by atoms with Crippen molar-refractivity contribution in [2.75, 3.05) is 0 Å². The molecule has 0 aliphatic carbocycles. The Labute approximate surface area is 180 Å². The molecule has 2 N–H and O–H groups in total. The van der Waals surface area contributed by atoms with E-state index in [1.165, 1.54) is 12.1 Å². The van der Waals surface area contributed by atoms with Crippen LogP contribution in [-0.2, 0) is 25.3 Å². The Balaban J connectivity index is 2.55. The zero-order valence-electron chi connectivity index (χ0n) is 18.4. The molecule has 2 rings (SSSR count). The van der Waals surface area contributed by atoms with E-state index in [0.717, 1.165) is 18.1 Å². The Bertz CT molecular complexity index is 1120. The summed E-state index contributed by atoms with van der Waals surface area (Å²) in [4.78, 5) is -0.425. The van der Waals surface area contributed by atoms with Gasteiger partial charge in [0.05, 0.1) is 9.79 Å². The number of sulfonamides is 1. The van der Waals surface area contributed by atoms with Crippen molar-refractivity contribution in [3.63, 3.8) is 0 Å². The third-order valence-electron chi connectivity index (χ3n) is 5.60. The Morgan fingerprint density at radius 3 is 1.83 bits per heavy atom. The molecule has 2 aromatic carbocycles. The summed E-state index contributed by atoms with van der Waals surface area (Å²) < 4.78 is 56.3. The first-order valence-electron chi connectivity index (χ1n) is 9.85. The van der Waals surface area contributed by atoms with Crippen molar-refractivity contribution in [1.82, 2.24) is 0 Å². The van der Waals surface area contributed by atoms with Gasteiger partial charge in [-0.05, 0) is 68.0 Å². The van der Waals surface area contributed by atoms with Crippen LogP contribution in [0.3, 0.4) is 0 Å². The summed E-state index contributed by atoms with van der Waals surface area (Å²) in [5.74, 6) is 0.0309. The highest BCUT2D eigenvalue weighted by Gasteiger charge is 2.27. The van der Waals surface area contributed by atoms with Gasteiger partial charge in [0.25, 0.3) is 0 Å². The van der Waals surface area contributed by atoms with Gasteiger partial charge in [-0.15, -0.1) is 0 Å². The number of sulfone groups is 1. The van der Waals surface area contributed by atoms with Crippen LogP contribution in [0, 0.1) is 0 Å². The first kappa shape index (κ1) is 24.4. The summed E-state index contributed by atoms with van der Waals surface area (Å²) in [5, 5.41) is 5.35. The molecular formula is C22H31NO5S2. The van der Waals surface area contributed by atoms with Gasteiger partial charge in [0, 0.05) is 0 Å². The maximum Gasteiger partial charge on any atom is 0.241 e. The maximum atomic E-state index is 13.1. The maximum absolute atomic E-state index is 13.1. The molecule has 0 amide bonds. The minimum absolute atomic E-state index is 0.0309. The minimum Gasteiger partial charge on any atom is -0.486 e. The summed E-state index contributed by atoms with van der Waals surface area (Å²) >= 11 is 0. The lowest BCUT2D eigenvalue weighted by Crippen LogP contribution is -2.28. The van der Waals surface area contributed by atoms with Gasteiger partial charge < -0.3 is 4.74 Å². The minimum atomic E-state index is -4.20. The molecule has 0 aromatic heterocycles. The van der Waals surface area contributed by atoms with Crippen LogP contribution in [0.2, 0.25) is 0 Å². The van der Waals surface area contributed by atoms with E-state index in [4.69, 9.17) is 9.88 Å². The van der Waals surface area contributed by atoms with Crippen molar-refractivity contribution in [1.29, 1.82) is 0 Å². The van der Waals surface area contributed by atoms with Gasteiger partial charge in [0.1, 0.15) is 16.2 Å². The fraction of sp³-hybridized carbons (Fsp3) is 0.455. The highest BCUT2D eigenvalue weighted by atomic mass is 32.2. The van der Waals surface area contributed by atoms with Crippen LogP contribution in [0.4, 0.5) is 0 Å². The van der Waals surface area contributed by atoms with Gasteiger partial charge in [-0.25, -0.2) is 22.0 Å². The largest absolute Gasteiger partial charge is 0.486 e. The molecule has 0 radical (unpaired) electrons. The third-order valence-corrected chi connectivity index (χ3v) is 8.30. The SMILES string of the molecule is CCC(C)(C)Oc1ccc(S(=O)(=O)c2ccc(C(C)(C)CC)cc2)cc1S(N)(=O)=O. The summed E-state index contributed by atoms with van der Waals surface area (Å²) in [6.07, 6.45) is 1.53. The summed E-state index contributed by atoms with van der Waals surface area (Å²) in [7, 11) is -8.13. The van der Waals surface area contributed by atoms with Gasteiger partial charge in [-0.2, -0.15) is 0 Å². The second-order valence-corrected chi connectivity index (χ2v) is 12.1. The van der Waals surface area contributed by atoms with Crippen LogP contribution < -0.4 is 9.88 Å². The molecule has 8 heteroatoms. The summed E-state index contributed by atoms with van der Waals surface area (Å²) in [6, 6.07) is 10.4. The van der Waals surface area contributed by atoms with E-state index < -0.39 is 25.5 Å².